The molecule has 1 aromatic rings. The summed E-state index contributed by atoms with van der Waals surface area (Å²) < 4.78 is 0. The van der Waals surface area contributed by atoms with Crippen molar-refractivity contribution >= 4 is 11.4 Å². The molecule has 0 bridgehead atoms. The Bertz CT molecular complexity index is 489. The quantitative estimate of drug-likeness (QED) is 0.639. The maximum atomic E-state index is 10.6. The highest BCUT2D eigenvalue weighted by Gasteiger charge is 2.16. The maximum Gasteiger partial charge on any atom is 0.270 e. The number of non-ortho nitro benzene ring substituents is 1. The SMILES string of the molecule is CCC(C)(C)CNc1ccc([N+](=O)[O-])cc1C#N. The van der Waals surface area contributed by atoms with Crippen molar-refractivity contribution in [2.24, 2.45) is 5.41 Å². The van der Waals surface area contributed by atoms with Crippen LogP contribution in [0.1, 0.15) is 32.8 Å². The normalized spacial score (nSPS) is 10.8. The molecular formula is C13H17N3O2. The van der Waals surface area contributed by atoms with E-state index in [1.165, 1.54) is 12.1 Å². The highest BCUT2D eigenvalue weighted by Crippen LogP contribution is 2.24. The van der Waals surface area contributed by atoms with E-state index in [4.69, 9.17) is 5.26 Å². The van der Waals surface area contributed by atoms with Crippen LogP contribution in [0.5, 0.6) is 0 Å². The van der Waals surface area contributed by atoms with Crippen LogP contribution in [0, 0.1) is 26.9 Å². The number of nitro groups is 1. The molecule has 1 N–H and O–H groups in total. The van der Waals surface area contributed by atoms with Crippen LogP contribution in [0.4, 0.5) is 11.4 Å². The number of nitro benzene ring substituents is 1. The first kappa shape index (κ1) is 14.0. The molecule has 0 amide bonds. The molecule has 1 aromatic carbocycles. The third-order valence-corrected chi connectivity index (χ3v) is 3.05. The third-order valence-electron chi connectivity index (χ3n) is 3.05. The Labute approximate surface area is 107 Å². The molecule has 0 fully saturated rings. The van der Waals surface area contributed by atoms with Gasteiger partial charge in [0, 0.05) is 18.7 Å². The van der Waals surface area contributed by atoms with Gasteiger partial charge >= 0.3 is 0 Å². The second-order valence-corrected chi connectivity index (χ2v) is 4.97. The zero-order valence-corrected chi connectivity index (χ0v) is 10.9. The van der Waals surface area contributed by atoms with Gasteiger partial charge in [-0.05, 0) is 17.9 Å². The van der Waals surface area contributed by atoms with Gasteiger partial charge in [-0.2, -0.15) is 5.26 Å². The molecule has 1 rings (SSSR count). The first-order chi connectivity index (χ1) is 8.39. The lowest BCUT2D eigenvalue weighted by Crippen LogP contribution is -2.22. The van der Waals surface area contributed by atoms with E-state index in [0.717, 1.165) is 13.0 Å². The highest BCUT2D eigenvalue weighted by molar-refractivity contribution is 5.61. The molecule has 0 radical (unpaired) electrons. The van der Waals surface area contributed by atoms with E-state index in [2.05, 4.69) is 26.1 Å². The fourth-order valence-electron chi connectivity index (χ4n) is 1.35. The molecule has 5 nitrogen and oxygen atoms in total. The van der Waals surface area contributed by atoms with Crippen LogP contribution in [-0.4, -0.2) is 11.5 Å². The van der Waals surface area contributed by atoms with Gasteiger partial charge in [0.05, 0.1) is 16.2 Å². The number of benzene rings is 1. The minimum Gasteiger partial charge on any atom is -0.383 e. The highest BCUT2D eigenvalue weighted by atomic mass is 16.6. The first-order valence-electron chi connectivity index (χ1n) is 5.82. The molecule has 0 atom stereocenters. The van der Waals surface area contributed by atoms with Crippen molar-refractivity contribution in [2.45, 2.75) is 27.2 Å². The summed E-state index contributed by atoms with van der Waals surface area (Å²) in [4.78, 5) is 10.1. The summed E-state index contributed by atoms with van der Waals surface area (Å²) in [5, 5.41) is 22.8. The van der Waals surface area contributed by atoms with Crippen LogP contribution >= 0.6 is 0 Å². The van der Waals surface area contributed by atoms with E-state index in [1.54, 1.807) is 6.07 Å². The average molecular weight is 247 g/mol. The van der Waals surface area contributed by atoms with Crippen molar-refractivity contribution in [3.05, 3.63) is 33.9 Å². The van der Waals surface area contributed by atoms with Crippen molar-refractivity contribution in [1.29, 1.82) is 5.26 Å². The van der Waals surface area contributed by atoms with E-state index < -0.39 is 4.92 Å². The maximum absolute atomic E-state index is 10.6. The number of nitrogens with one attached hydrogen (secondary N) is 1. The fourth-order valence-corrected chi connectivity index (χ4v) is 1.35. The molecule has 0 aliphatic rings. The summed E-state index contributed by atoms with van der Waals surface area (Å²) in [6.45, 7) is 7.06. The van der Waals surface area contributed by atoms with Gasteiger partial charge in [-0.25, -0.2) is 0 Å². The van der Waals surface area contributed by atoms with E-state index in [1.807, 2.05) is 6.07 Å². The largest absolute Gasteiger partial charge is 0.383 e. The second kappa shape index (κ2) is 5.50. The molecule has 0 aliphatic carbocycles. The Hall–Kier alpha value is -2.09. The topological polar surface area (TPSA) is 79.0 Å². The molecule has 0 unspecified atom stereocenters. The molecule has 0 aliphatic heterocycles. The summed E-state index contributed by atoms with van der Waals surface area (Å²) in [7, 11) is 0. The molecule has 0 heterocycles. The van der Waals surface area contributed by atoms with Gasteiger partial charge in [0.25, 0.3) is 5.69 Å². The van der Waals surface area contributed by atoms with Gasteiger partial charge in [-0.15, -0.1) is 0 Å². The molecule has 5 heteroatoms. The van der Waals surface area contributed by atoms with Crippen LogP contribution in [-0.2, 0) is 0 Å². The zero-order valence-electron chi connectivity index (χ0n) is 10.9. The number of hydrogen-bond acceptors (Lipinski definition) is 4. The van der Waals surface area contributed by atoms with E-state index in [0.29, 0.717) is 11.3 Å². The molecule has 96 valence electrons. The monoisotopic (exact) mass is 247 g/mol. The summed E-state index contributed by atoms with van der Waals surface area (Å²) in [5.41, 5.74) is 1.00. The molecule has 0 spiro atoms. The van der Waals surface area contributed by atoms with Crippen molar-refractivity contribution in [2.75, 3.05) is 11.9 Å². The predicted octanol–water partition coefficient (Wildman–Crippen LogP) is 3.31. The van der Waals surface area contributed by atoms with Gasteiger partial charge < -0.3 is 5.32 Å². The van der Waals surface area contributed by atoms with Crippen LogP contribution in [0.3, 0.4) is 0 Å². The standard InChI is InChI=1S/C13H17N3O2/c1-4-13(2,3)9-15-12-6-5-11(16(17)18)7-10(12)8-14/h5-7,15H,4,9H2,1-3H3. The van der Waals surface area contributed by atoms with Gasteiger partial charge in [0.15, 0.2) is 0 Å². The Morgan fingerprint density at radius 2 is 2.17 bits per heavy atom. The van der Waals surface area contributed by atoms with Gasteiger partial charge in [-0.3, -0.25) is 10.1 Å². The minimum atomic E-state index is -0.499. The molecular weight excluding hydrogens is 230 g/mol. The first-order valence-corrected chi connectivity index (χ1v) is 5.82. The lowest BCUT2D eigenvalue weighted by Gasteiger charge is -2.23. The summed E-state index contributed by atoms with van der Waals surface area (Å²) in [6.07, 6.45) is 1.01. The van der Waals surface area contributed by atoms with Gasteiger partial charge in [-0.1, -0.05) is 20.8 Å². The summed E-state index contributed by atoms with van der Waals surface area (Å²) >= 11 is 0. The van der Waals surface area contributed by atoms with Crippen molar-refractivity contribution in [3.8, 4) is 6.07 Å². The number of rotatable bonds is 5. The second-order valence-electron chi connectivity index (χ2n) is 4.97. The lowest BCUT2D eigenvalue weighted by molar-refractivity contribution is -0.384. The van der Waals surface area contributed by atoms with E-state index >= 15 is 0 Å². The van der Waals surface area contributed by atoms with Crippen molar-refractivity contribution in [1.82, 2.24) is 0 Å². The Morgan fingerprint density at radius 3 is 2.67 bits per heavy atom. The summed E-state index contributed by atoms with van der Waals surface area (Å²) in [6, 6.07) is 6.26. The zero-order chi connectivity index (χ0) is 13.8. The number of hydrogen-bond donors (Lipinski definition) is 1. The number of anilines is 1. The van der Waals surface area contributed by atoms with Crippen LogP contribution < -0.4 is 5.32 Å². The minimum absolute atomic E-state index is 0.0631. The van der Waals surface area contributed by atoms with Gasteiger partial charge in [0.1, 0.15) is 6.07 Å². The molecule has 0 saturated carbocycles. The van der Waals surface area contributed by atoms with Crippen LogP contribution in [0.2, 0.25) is 0 Å². The molecule has 18 heavy (non-hydrogen) atoms. The third kappa shape index (κ3) is 3.45. The number of nitrogens with zero attached hydrogens (tertiary/aromatic N) is 2. The number of nitriles is 1. The Kier molecular flexibility index (Phi) is 4.27. The van der Waals surface area contributed by atoms with E-state index in [-0.39, 0.29) is 11.1 Å². The van der Waals surface area contributed by atoms with Crippen molar-refractivity contribution in [3.63, 3.8) is 0 Å². The Balaban J connectivity index is 2.91. The lowest BCUT2D eigenvalue weighted by atomic mass is 9.90. The average Bonchev–Trinajstić information content (AvgIpc) is 2.36. The van der Waals surface area contributed by atoms with E-state index in [9.17, 15) is 10.1 Å². The fraction of sp³-hybridized carbons (Fsp3) is 0.462. The molecule has 0 saturated heterocycles. The van der Waals surface area contributed by atoms with Gasteiger partial charge in [0.2, 0.25) is 0 Å². The summed E-state index contributed by atoms with van der Waals surface area (Å²) in [5.74, 6) is 0. The van der Waals surface area contributed by atoms with Crippen LogP contribution in [0.15, 0.2) is 18.2 Å². The Morgan fingerprint density at radius 1 is 1.50 bits per heavy atom. The molecule has 0 aromatic heterocycles. The van der Waals surface area contributed by atoms with Crippen LogP contribution in [0.25, 0.3) is 0 Å². The van der Waals surface area contributed by atoms with Crippen molar-refractivity contribution < 1.29 is 4.92 Å². The predicted molar refractivity (Wildman–Crippen MR) is 70.4 cm³/mol. The smallest absolute Gasteiger partial charge is 0.270 e.